The van der Waals surface area contributed by atoms with E-state index in [1.165, 1.54) is 12.1 Å². The lowest BCUT2D eigenvalue weighted by Gasteiger charge is -2.04. The molecule has 0 spiro atoms. The topological polar surface area (TPSA) is 55.1 Å². The van der Waals surface area contributed by atoms with Crippen molar-refractivity contribution < 1.29 is 13.6 Å². The number of oxazole rings is 1. The molecule has 1 heterocycles. The van der Waals surface area contributed by atoms with Crippen molar-refractivity contribution >= 4 is 5.91 Å². The highest BCUT2D eigenvalue weighted by Gasteiger charge is 2.13. The second-order valence-corrected chi connectivity index (χ2v) is 4.42. The Morgan fingerprint density at radius 2 is 2.11 bits per heavy atom. The highest BCUT2D eigenvalue weighted by molar-refractivity contribution is 5.94. The molecule has 0 unspecified atom stereocenters. The third-order valence-corrected chi connectivity index (χ3v) is 2.84. The summed E-state index contributed by atoms with van der Waals surface area (Å²) in [6, 6.07) is 4.48. The van der Waals surface area contributed by atoms with E-state index in [2.05, 4.69) is 10.3 Å². The Bertz CT molecular complexity index is 600. The minimum absolute atomic E-state index is 0.0191. The number of carbonyl (C=O) groups excluding carboxylic acids is 1. The minimum Gasteiger partial charge on any atom is -0.444 e. The molecular formula is C14H15FN2O2. The first-order valence-electron chi connectivity index (χ1n) is 5.94. The van der Waals surface area contributed by atoms with Crippen LogP contribution in [0.25, 0.3) is 0 Å². The van der Waals surface area contributed by atoms with Crippen molar-refractivity contribution in [3.63, 3.8) is 0 Å². The van der Waals surface area contributed by atoms with Gasteiger partial charge in [-0.3, -0.25) is 4.79 Å². The molecule has 1 amide bonds. The summed E-state index contributed by atoms with van der Waals surface area (Å²) in [4.78, 5) is 16.0. The Morgan fingerprint density at radius 3 is 2.68 bits per heavy atom. The first-order chi connectivity index (χ1) is 8.97. The van der Waals surface area contributed by atoms with Crippen LogP contribution in [-0.4, -0.2) is 10.9 Å². The second kappa shape index (κ2) is 5.22. The van der Waals surface area contributed by atoms with Gasteiger partial charge in [0.2, 0.25) is 5.89 Å². The summed E-state index contributed by atoms with van der Waals surface area (Å²) < 4.78 is 18.9. The molecule has 0 saturated carbocycles. The number of hydrogen-bond donors (Lipinski definition) is 1. The van der Waals surface area contributed by atoms with Crippen LogP contribution in [0.15, 0.2) is 22.6 Å². The van der Waals surface area contributed by atoms with Crippen LogP contribution in [0.4, 0.5) is 4.39 Å². The van der Waals surface area contributed by atoms with Crippen LogP contribution in [0.3, 0.4) is 0 Å². The molecule has 4 nitrogen and oxygen atoms in total. The number of aryl methyl sites for hydroxylation is 3. The molecule has 2 aromatic rings. The van der Waals surface area contributed by atoms with E-state index in [0.29, 0.717) is 11.7 Å². The van der Waals surface area contributed by atoms with Crippen LogP contribution in [-0.2, 0) is 6.54 Å². The van der Waals surface area contributed by atoms with E-state index in [-0.39, 0.29) is 12.1 Å². The summed E-state index contributed by atoms with van der Waals surface area (Å²) in [6.45, 7) is 5.53. The third kappa shape index (κ3) is 2.99. The average molecular weight is 262 g/mol. The number of aromatic nitrogens is 1. The monoisotopic (exact) mass is 262 g/mol. The van der Waals surface area contributed by atoms with E-state index in [9.17, 15) is 9.18 Å². The normalized spacial score (nSPS) is 10.5. The summed E-state index contributed by atoms with van der Waals surface area (Å²) in [5.74, 6) is 0.116. The van der Waals surface area contributed by atoms with E-state index < -0.39 is 11.7 Å². The molecule has 100 valence electrons. The number of hydrogen-bond acceptors (Lipinski definition) is 3. The fourth-order valence-electron chi connectivity index (χ4n) is 1.67. The molecule has 1 aromatic carbocycles. The van der Waals surface area contributed by atoms with Gasteiger partial charge in [0.1, 0.15) is 11.6 Å². The molecule has 0 fully saturated rings. The van der Waals surface area contributed by atoms with E-state index in [1.807, 2.05) is 6.92 Å². The van der Waals surface area contributed by atoms with Gasteiger partial charge < -0.3 is 9.73 Å². The Balaban J connectivity index is 2.05. The molecule has 0 atom stereocenters. The Morgan fingerprint density at radius 1 is 1.37 bits per heavy atom. The maximum Gasteiger partial charge on any atom is 0.254 e. The third-order valence-electron chi connectivity index (χ3n) is 2.84. The highest BCUT2D eigenvalue weighted by Crippen LogP contribution is 2.11. The first-order valence-corrected chi connectivity index (χ1v) is 5.94. The number of rotatable bonds is 3. The van der Waals surface area contributed by atoms with Crippen molar-refractivity contribution in [2.45, 2.75) is 27.3 Å². The van der Waals surface area contributed by atoms with Gasteiger partial charge in [-0.05, 0) is 38.5 Å². The van der Waals surface area contributed by atoms with Gasteiger partial charge in [0, 0.05) is 0 Å². The zero-order valence-electron chi connectivity index (χ0n) is 11.1. The Kier molecular flexibility index (Phi) is 3.64. The van der Waals surface area contributed by atoms with Crippen molar-refractivity contribution in [1.29, 1.82) is 0 Å². The molecule has 0 bridgehead atoms. The fraction of sp³-hybridized carbons (Fsp3) is 0.286. The molecule has 2 rings (SSSR count). The lowest BCUT2D eigenvalue weighted by atomic mass is 10.1. The van der Waals surface area contributed by atoms with E-state index >= 15 is 0 Å². The van der Waals surface area contributed by atoms with Crippen molar-refractivity contribution in [2.75, 3.05) is 0 Å². The number of benzene rings is 1. The SMILES string of the molecule is Cc1ccc(C(=O)NCc2nc(C)c(C)o2)c(F)c1. The second-order valence-electron chi connectivity index (χ2n) is 4.42. The Hall–Kier alpha value is -2.17. The zero-order valence-corrected chi connectivity index (χ0v) is 11.1. The summed E-state index contributed by atoms with van der Waals surface area (Å²) >= 11 is 0. The van der Waals surface area contributed by atoms with Gasteiger partial charge in [0.25, 0.3) is 5.91 Å². The van der Waals surface area contributed by atoms with Gasteiger partial charge in [-0.25, -0.2) is 9.37 Å². The van der Waals surface area contributed by atoms with Crippen LogP contribution in [0.1, 0.15) is 33.3 Å². The van der Waals surface area contributed by atoms with Gasteiger partial charge in [0.15, 0.2) is 0 Å². The van der Waals surface area contributed by atoms with Crippen molar-refractivity contribution in [3.05, 3.63) is 52.5 Å². The highest BCUT2D eigenvalue weighted by atomic mass is 19.1. The molecule has 0 radical (unpaired) electrons. The van der Waals surface area contributed by atoms with Gasteiger partial charge in [-0.1, -0.05) is 6.07 Å². The van der Waals surface area contributed by atoms with E-state index in [0.717, 1.165) is 11.3 Å². The lowest BCUT2D eigenvalue weighted by Crippen LogP contribution is -2.24. The standard InChI is InChI=1S/C14H15FN2O2/c1-8-4-5-11(12(15)6-8)14(18)16-7-13-17-9(2)10(3)19-13/h4-6H,7H2,1-3H3,(H,16,18). The smallest absolute Gasteiger partial charge is 0.254 e. The molecule has 0 saturated heterocycles. The summed E-state index contributed by atoms with van der Waals surface area (Å²) in [6.07, 6.45) is 0. The minimum atomic E-state index is -0.530. The molecule has 1 aromatic heterocycles. The molecule has 0 aliphatic carbocycles. The van der Waals surface area contributed by atoms with Crippen LogP contribution in [0.2, 0.25) is 0 Å². The number of amides is 1. The van der Waals surface area contributed by atoms with Gasteiger partial charge in [-0.2, -0.15) is 0 Å². The quantitative estimate of drug-likeness (QED) is 0.925. The van der Waals surface area contributed by atoms with Crippen LogP contribution in [0, 0.1) is 26.6 Å². The largest absolute Gasteiger partial charge is 0.444 e. The molecule has 5 heteroatoms. The van der Waals surface area contributed by atoms with Crippen LogP contribution < -0.4 is 5.32 Å². The summed E-state index contributed by atoms with van der Waals surface area (Å²) in [5, 5.41) is 2.58. The van der Waals surface area contributed by atoms with Gasteiger partial charge in [0.05, 0.1) is 17.8 Å². The van der Waals surface area contributed by atoms with Crippen LogP contribution in [0.5, 0.6) is 0 Å². The van der Waals surface area contributed by atoms with E-state index in [4.69, 9.17) is 4.42 Å². The molecule has 0 aliphatic rings. The number of nitrogens with zero attached hydrogens (tertiary/aromatic N) is 1. The molecule has 19 heavy (non-hydrogen) atoms. The Labute approximate surface area is 110 Å². The fourth-order valence-corrected chi connectivity index (χ4v) is 1.67. The lowest BCUT2D eigenvalue weighted by molar-refractivity contribution is 0.0943. The maximum atomic E-state index is 13.6. The van der Waals surface area contributed by atoms with Crippen molar-refractivity contribution in [3.8, 4) is 0 Å². The molecule has 1 N–H and O–H groups in total. The summed E-state index contributed by atoms with van der Waals surface area (Å²) in [7, 11) is 0. The van der Waals surface area contributed by atoms with Gasteiger partial charge in [-0.15, -0.1) is 0 Å². The number of nitrogens with one attached hydrogen (secondary N) is 1. The van der Waals surface area contributed by atoms with E-state index in [1.54, 1.807) is 19.9 Å². The number of carbonyl (C=O) groups is 1. The molecular weight excluding hydrogens is 247 g/mol. The average Bonchev–Trinajstić information content (AvgIpc) is 2.66. The molecule has 0 aliphatic heterocycles. The first kappa shape index (κ1) is 13.3. The van der Waals surface area contributed by atoms with Crippen molar-refractivity contribution in [1.82, 2.24) is 10.3 Å². The predicted octanol–water partition coefficient (Wildman–Crippen LogP) is 2.67. The number of halogens is 1. The van der Waals surface area contributed by atoms with Crippen LogP contribution >= 0.6 is 0 Å². The maximum absolute atomic E-state index is 13.6. The van der Waals surface area contributed by atoms with Crippen molar-refractivity contribution in [2.24, 2.45) is 0 Å². The zero-order chi connectivity index (χ0) is 14.0. The van der Waals surface area contributed by atoms with Gasteiger partial charge >= 0.3 is 0 Å². The predicted molar refractivity (Wildman–Crippen MR) is 68.3 cm³/mol. The summed E-state index contributed by atoms with van der Waals surface area (Å²) in [5.41, 5.74) is 1.57.